The molecule has 0 aliphatic carbocycles. The molecule has 28 heavy (non-hydrogen) atoms. The minimum absolute atomic E-state index is 0.0678. The zero-order chi connectivity index (χ0) is 20.3. The van der Waals surface area contributed by atoms with Crippen molar-refractivity contribution in [3.63, 3.8) is 0 Å². The Hall–Kier alpha value is -3.75. The Morgan fingerprint density at radius 3 is 2.54 bits per heavy atom. The van der Waals surface area contributed by atoms with Crippen molar-refractivity contribution in [3.8, 4) is 17.2 Å². The Bertz CT molecular complexity index is 1010. The number of methoxy groups -OCH3 is 1. The third kappa shape index (κ3) is 3.98. The fourth-order valence-corrected chi connectivity index (χ4v) is 2.46. The number of hydrogen-bond acceptors (Lipinski definition) is 8. The number of nitro groups is 1. The van der Waals surface area contributed by atoms with Crippen molar-refractivity contribution in [2.45, 2.75) is 20.0 Å². The van der Waals surface area contributed by atoms with Crippen molar-refractivity contribution >= 4 is 11.7 Å². The van der Waals surface area contributed by atoms with E-state index < -0.39 is 17.0 Å². The van der Waals surface area contributed by atoms with Gasteiger partial charge in [-0.2, -0.15) is 0 Å². The van der Waals surface area contributed by atoms with Gasteiger partial charge in [0.15, 0.2) is 6.10 Å². The van der Waals surface area contributed by atoms with E-state index in [0.29, 0.717) is 5.89 Å². The molecular formula is C19H17N3O6. The largest absolute Gasteiger partial charge is 0.496 e. The minimum Gasteiger partial charge on any atom is -0.496 e. The number of ether oxygens (including phenoxy) is 2. The molecule has 0 aliphatic heterocycles. The molecule has 2 aromatic carbocycles. The molecule has 9 nitrogen and oxygen atoms in total. The number of carbonyl (C=O) groups is 1. The van der Waals surface area contributed by atoms with Crippen molar-refractivity contribution in [3.05, 3.63) is 69.6 Å². The van der Waals surface area contributed by atoms with Crippen LogP contribution in [0.3, 0.4) is 0 Å². The number of non-ortho nitro benzene ring substituents is 1. The maximum Gasteiger partial charge on any atom is 0.342 e. The topological polar surface area (TPSA) is 118 Å². The fraction of sp³-hybridized carbons (Fsp3) is 0.211. The lowest BCUT2D eigenvalue weighted by Gasteiger charge is -2.11. The first-order chi connectivity index (χ1) is 13.4. The molecular weight excluding hydrogens is 366 g/mol. The van der Waals surface area contributed by atoms with Crippen LogP contribution in [-0.2, 0) is 4.74 Å². The molecule has 0 unspecified atom stereocenters. The van der Waals surface area contributed by atoms with E-state index in [9.17, 15) is 14.9 Å². The first kappa shape index (κ1) is 19.0. The molecule has 3 rings (SSSR count). The standard InChI is InChI=1S/C19H17N3O6/c1-11-4-6-13(7-5-11)18-21-20-17(28-18)12(2)27-19(23)15-10-14(22(24)25)8-9-16(15)26-3/h4-10,12H,1-3H3/t12-/m0/s1. The van der Waals surface area contributed by atoms with Gasteiger partial charge in [-0.25, -0.2) is 4.79 Å². The van der Waals surface area contributed by atoms with Gasteiger partial charge in [-0.1, -0.05) is 17.7 Å². The molecule has 144 valence electrons. The Balaban J connectivity index is 1.79. The van der Waals surface area contributed by atoms with E-state index in [0.717, 1.165) is 17.2 Å². The molecule has 0 saturated carbocycles. The lowest BCUT2D eigenvalue weighted by atomic mass is 10.1. The molecule has 0 radical (unpaired) electrons. The van der Waals surface area contributed by atoms with Crippen LogP contribution in [0, 0.1) is 17.0 Å². The predicted molar refractivity (Wildman–Crippen MR) is 97.9 cm³/mol. The maximum atomic E-state index is 12.5. The van der Waals surface area contributed by atoms with Crippen LogP contribution >= 0.6 is 0 Å². The highest BCUT2D eigenvalue weighted by Crippen LogP contribution is 2.28. The van der Waals surface area contributed by atoms with Gasteiger partial charge in [-0.15, -0.1) is 10.2 Å². The SMILES string of the molecule is COc1ccc([N+](=O)[O-])cc1C(=O)O[C@@H](C)c1nnc(-c2ccc(C)cc2)o1. The van der Waals surface area contributed by atoms with Crippen molar-refractivity contribution in [1.29, 1.82) is 0 Å². The smallest absolute Gasteiger partial charge is 0.342 e. The summed E-state index contributed by atoms with van der Waals surface area (Å²) >= 11 is 0. The van der Waals surface area contributed by atoms with Crippen LogP contribution in [0.15, 0.2) is 46.9 Å². The Morgan fingerprint density at radius 2 is 1.89 bits per heavy atom. The molecule has 3 aromatic rings. The summed E-state index contributed by atoms with van der Waals surface area (Å²) in [6, 6.07) is 11.2. The van der Waals surface area contributed by atoms with Crippen LogP contribution in [0.4, 0.5) is 5.69 Å². The average Bonchev–Trinajstić information content (AvgIpc) is 3.18. The van der Waals surface area contributed by atoms with Crippen molar-refractivity contribution in [2.75, 3.05) is 7.11 Å². The molecule has 1 aromatic heterocycles. The predicted octanol–water partition coefficient (Wildman–Crippen LogP) is 3.88. The van der Waals surface area contributed by atoms with Gasteiger partial charge in [0, 0.05) is 17.7 Å². The second kappa shape index (κ2) is 7.87. The lowest BCUT2D eigenvalue weighted by molar-refractivity contribution is -0.384. The summed E-state index contributed by atoms with van der Waals surface area (Å²) in [5.41, 5.74) is 1.52. The second-order valence-electron chi connectivity index (χ2n) is 6.00. The Kier molecular flexibility index (Phi) is 5.35. The third-order valence-electron chi connectivity index (χ3n) is 3.98. The van der Waals surface area contributed by atoms with Crippen molar-refractivity contribution < 1.29 is 23.6 Å². The molecule has 0 saturated heterocycles. The number of esters is 1. The number of nitro benzene ring substituents is 1. The highest BCUT2D eigenvalue weighted by molar-refractivity contribution is 5.93. The first-order valence-corrected chi connectivity index (χ1v) is 8.33. The van der Waals surface area contributed by atoms with E-state index in [1.165, 1.54) is 19.2 Å². The monoisotopic (exact) mass is 383 g/mol. The minimum atomic E-state index is -0.858. The first-order valence-electron chi connectivity index (χ1n) is 8.33. The van der Waals surface area contributed by atoms with Gasteiger partial charge in [0.1, 0.15) is 11.3 Å². The van der Waals surface area contributed by atoms with Crippen molar-refractivity contribution in [2.24, 2.45) is 0 Å². The van der Waals surface area contributed by atoms with E-state index in [1.807, 2.05) is 31.2 Å². The van der Waals surface area contributed by atoms with Gasteiger partial charge in [-0.3, -0.25) is 10.1 Å². The second-order valence-corrected chi connectivity index (χ2v) is 6.00. The number of aromatic nitrogens is 2. The molecule has 0 fully saturated rings. The highest BCUT2D eigenvalue weighted by atomic mass is 16.6. The molecule has 1 heterocycles. The number of carbonyl (C=O) groups excluding carboxylic acids is 1. The summed E-state index contributed by atoms with van der Waals surface area (Å²) < 4.78 is 16.0. The van der Waals surface area contributed by atoms with E-state index in [1.54, 1.807) is 6.92 Å². The van der Waals surface area contributed by atoms with E-state index >= 15 is 0 Å². The average molecular weight is 383 g/mol. The van der Waals surface area contributed by atoms with E-state index in [4.69, 9.17) is 13.9 Å². The Labute approximate surface area is 160 Å². The molecule has 0 N–H and O–H groups in total. The highest BCUT2D eigenvalue weighted by Gasteiger charge is 2.24. The number of benzene rings is 2. The fourth-order valence-electron chi connectivity index (χ4n) is 2.46. The van der Waals surface area contributed by atoms with Crippen LogP contribution < -0.4 is 4.74 Å². The molecule has 9 heteroatoms. The number of hydrogen-bond donors (Lipinski definition) is 0. The van der Waals surface area contributed by atoms with Crippen molar-refractivity contribution in [1.82, 2.24) is 10.2 Å². The summed E-state index contributed by atoms with van der Waals surface area (Å²) in [6.45, 7) is 3.53. The van der Waals surface area contributed by atoms with Crippen LogP contribution in [-0.4, -0.2) is 28.2 Å². The van der Waals surface area contributed by atoms with Gasteiger partial charge >= 0.3 is 5.97 Å². The maximum absolute atomic E-state index is 12.5. The molecule has 0 bridgehead atoms. The Morgan fingerprint density at radius 1 is 1.18 bits per heavy atom. The summed E-state index contributed by atoms with van der Waals surface area (Å²) in [5, 5.41) is 18.8. The van der Waals surface area contributed by atoms with Gasteiger partial charge in [0.05, 0.1) is 12.0 Å². The summed E-state index contributed by atoms with van der Waals surface area (Å²) in [6.07, 6.45) is -0.858. The van der Waals surface area contributed by atoms with E-state index in [2.05, 4.69) is 10.2 Å². The lowest BCUT2D eigenvalue weighted by Crippen LogP contribution is -2.11. The third-order valence-corrected chi connectivity index (χ3v) is 3.98. The number of nitrogens with zero attached hydrogens (tertiary/aromatic N) is 3. The van der Waals surface area contributed by atoms with Crippen LogP contribution in [0.5, 0.6) is 5.75 Å². The zero-order valence-corrected chi connectivity index (χ0v) is 15.4. The zero-order valence-electron chi connectivity index (χ0n) is 15.4. The van der Waals surface area contributed by atoms with Crippen LogP contribution in [0.2, 0.25) is 0 Å². The molecule has 0 amide bonds. The van der Waals surface area contributed by atoms with Gasteiger partial charge in [0.2, 0.25) is 5.89 Å². The molecule has 0 aliphatic rings. The molecule has 1 atom stereocenters. The van der Waals surface area contributed by atoms with Crippen LogP contribution in [0.1, 0.15) is 34.8 Å². The molecule has 0 spiro atoms. The number of rotatable bonds is 6. The van der Waals surface area contributed by atoms with Gasteiger partial charge < -0.3 is 13.9 Å². The van der Waals surface area contributed by atoms with Crippen LogP contribution in [0.25, 0.3) is 11.5 Å². The van der Waals surface area contributed by atoms with E-state index in [-0.39, 0.29) is 22.9 Å². The summed E-state index contributed by atoms with van der Waals surface area (Å²) in [7, 11) is 1.35. The summed E-state index contributed by atoms with van der Waals surface area (Å²) in [4.78, 5) is 22.8. The normalized spacial score (nSPS) is 11.7. The van der Waals surface area contributed by atoms with Gasteiger partial charge in [0.25, 0.3) is 11.6 Å². The van der Waals surface area contributed by atoms with Gasteiger partial charge in [-0.05, 0) is 32.0 Å². The summed E-state index contributed by atoms with van der Waals surface area (Å²) in [5.74, 6) is -0.240. The number of aryl methyl sites for hydroxylation is 1. The quantitative estimate of drug-likeness (QED) is 0.357.